The van der Waals surface area contributed by atoms with Gasteiger partial charge in [-0.25, -0.2) is 9.18 Å². The van der Waals surface area contributed by atoms with E-state index in [-0.39, 0.29) is 16.3 Å². The monoisotopic (exact) mass is 565 g/mol. The minimum absolute atomic E-state index is 0.0235. The van der Waals surface area contributed by atoms with Gasteiger partial charge in [-0.15, -0.1) is 11.6 Å². The highest BCUT2D eigenvalue weighted by molar-refractivity contribution is 6.43. The number of benzene rings is 1. The Hall–Kier alpha value is -1.52. The van der Waals surface area contributed by atoms with Gasteiger partial charge in [0.05, 0.1) is 22.2 Å². The number of allylic oxidation sites excluding steroid dienone is 2. The third kappa shape index (κ3) is 6.37. The summed E-state index contributed by atoms with van der Waals surface area (Å²) in [6.45, 7) is 4.82. The molecule has 13 heteroatoms. The van der Waals surface area contributed by atoms with Crippen LogP contribution in [-0.4, -0.2) is 44.9 Å². The van der Waals surface area contributed by atoms with Crippen LogP contribution in [0.5, 0.6) is 0 Å². The van der Waals surface area contributed by atoms with Gasteiger partial charge in [-0.3, -0.25) is 10.1 Å². The third-order valence-electron chi connectivity index (χ3n) is 4.56. The van der Waals surface area contributed by atoms with Crippen molar-refractivity contribution >= 4 is 64.0 Å². The molecule has 0 spiro atoms. The van der Waals surface area contributed by atoms with Gasteiger partial charge >= 0.3 is 12.3 Å². The summed E-state index contributed by atoms with van der Waals surface area (Å²) >= 11 is 22.8. The molecule has 188 valence electrons. The highest BCUT2D eigenvalue weighted by Crippen LogP contribution is 2.47. The lowest BCUT2D eigenvalue weighted by molar-refractivity contribution is -0.241. The van der Waals surface area contributed by atoms with Crippen molar-refractivity contribution < 1.29 is 37.0 Å². The van der Waals surface area contributed by atoms with Gasteiger partial charge in [0.1, 0.15) is 11.0 Å². The molecule has 1 aliphatic carbocycles. The Kier molecular flexibility index (Phi) is 8.32. The number of hydrogen-bond acceptors (Lipinski definition) is 4. The maximum Gasteiger partial charge on any atom is 0.421 e. The smallest absolute Gasteiger partial charge is 0.421 e. The molecule has 1 aromatic rings. The van der Waals surface area contributed by atoms with E-state index in [0.29, 0.717) is 12.2 Å². The zero-order chi connectivity index (χ0) is 26.3. The van der Waals surface area contributed by atoms with Crippen LogP contribution >= 0.6 is 46.4 Å². The molecular formula is C21H19Cl4F4NO4. The van der Waals surface area contributed by atoms with Crippen molar-refractivity contribution in [2.45, 2.75) is 55.1 Å². The molecule has 0 fully saturated rings. The van der Waals surface area contributed by atoms with Gasteiger partial charge in [-0.2, -0.15) is 13.2 Å². The number of carbonyl (C=O) groups is 2. The molecule has 0 heterocycles. The normalized spacial score (nSPS) is 22.9. The number of hydrogen-bond donors (Lipinski definition) is 2. The van der Waals surface area contributed by atoms with E-state index in [1.807, 2.05) is 0 Å². The number of ketones is 1. The molecule has 0 bridgehead atoms. The summed E-state index contributed by atoms with van der Waals surface area (Å²) in [4.78, 5) is 24.8. The van der Waals surface area contributed by atoms with Crippen molar-refractivity contribution in [2.75, 3.05) is 5.32 Å². The number of anilines is 1. The maximum absolute atomic E-state index is 14.2. The van der Waals surface area contributed by atoms with Gasteiger partial charge < -0.3 is 9.84 Å². The molecule has 1 amide bonds. The molecule has 0 saturated carbocycles. The molecule has 0 saturated heterocycles. The van der Waals surface area contributed by atoms with Gasteiger partial charge in [0.2, 0.25) is 5.13 Å². The zero-order valence-corrected chi connectivity index (χ0v) is 20.9. The van der Waals surface area contributed by atoms with E-state index < -0.39 is 56.8 Å². The first-order valence-electron chi connectivity index (χ1n) is 9.51. The van der Waals surface area contributed by atoms with E-state index >= 15 is 0 Å². The fraction of sp³-hybridized carbons (Fsp3) is 0.429. The summed E-state index contributed by atoms with van der Waals surface area (Å²) in [5.41, 5.74) is -6.00. The maximum atomic E-state index is 14.2. The molecule has 5 nitrogen and oxygen atoms in total. The van der Waals surface area contributed by atoms with Crippen molar-refractivity contribution in [2.24, 2.45) is 0 Å². The van der Waals surface area contributed by atoms with Crippen molar-refractivity contribution in [1.29, 1.82) is 0 Å². The van der Waals surface area contributed by atoms with Crippen LogP contribution in [-0.2, 0) is 4.74 Å². The number of alkyl halides is 6. The van der Waals surface area contributed by atoms with E-state index in [4.69, 9.17) is 51.1 Å². The van der Waals surface area contributed by atoms with Gasteiger partial charge in [0.15, 0.2) is 11.4 Å². The number of nitrogens with one attached hydrogen (secondary N) is 1. The van der Waals surface area contributed by atoms with Crippen LogP contribution in [0.2, 0.25) is 5.02 Å². The lowest BCUT2D eigenvalue weighted by Gasteiger charge is -2.35. The minimum Gasteiger partial charge on any atom is -0.444 e. The summed E-state index contributed by atoms with van der Waals surface area (Å²) in [7, 11) is 0. The molecule has 0 radical (unpaired) electrons. The number of Topliss-reactive ketones (excluding diaryl/α,β-unsaturated/α-hetero) is 1. The van der Waals surface area contributed by atoms with Gasteiger partial charge in [0, 0.05) is 5.56 Å². The van der Waals surface area contributed by atoms with Gasteiger partial charge in [-0.05, 0) is 50.6 Å². The topological polar surface area (TPSA) is 75.6 Å². The number of rotatable bonds is 5. The number of aliphatic hydroxyl groups is 1. The molecular weight excluding hydrogens is 548 g/mol. The average Bonchev–Trinajstić information content (AvgIpc) is 2.65. The van der Waals surface area contributed by atoms with Crippen LogP contribution in [0.3, 0.4) is 0 Å². The second-order valence-electron chi connectivity index (χ2n) is 8.42. The predicted molar refractivity (Wildman–Crippen MR) is 123 cm³/mol. The van der Waals surface area contributed by atoms with E-state index in [0.717, 1.165) is 12.1 Å². The first kappa shape index (κ1) is 28.7. The lowest BCUT2D eigenvalue weighted by atomic mass is 9.83. The average molecular weight is 567 g/mol. The SMILES string of the molecule is CC(C)(C)OC(=O)Nc1cc(C(=O)CC(O)(C2=CC(Cl)C(F)(Cl)C(Cl)=C2)C(F)(F)F)ccc1Cl. The second-order valence-corrected chi connectivity index (χ2v) is 10.3. The zero-order valence-electron chi connectivity index (χ0n) is 17.9. The molecule has 3 unspecified atom stereocenters. The summed E-state index contributed by atoms with van der Waals surface area (Å²) in [6, 6.07) is 3.30. The van der Waals surface area contributed by atoms with E-state index in [1.54, 1.807) is 20.8 Å². The quantitative estimate of drug-likeness (QED) is 0.226. The highest BCUT2D eigenvalue weighted by atomic mass is 35.5. The summed E-state index contributed by atoms with van der Waals surface area (Å²) < 4.78 is 61.0. The largest absolute Gasteiger partial charge is 0.444 e. The Morgan fingerprint density at radius 1 is 1.21 bits per heavy atom. The molecule has 1 aromatic carbocycles. The van der Waals surface area contributed by atoms with Gasteiger partial charge in [-0.1, -0.05) is 40.9 Å². The standard InChI is InChI=1S/C21H19Cl4F4NO4/c1-18(2,3)34-17(32)30-13-6-10(4-5-12(13)22)14(31)9-19(33,21(27,28)29)11-7-15(23)20(25,26)16(24)8-11/h4-8,15,33H,9H2,1-3H3,(H,30,32). The number of ether oxygens (including phenoxy) is 1. The Morgan fingerprint density at radius 2 is 1.79 bits per heavy atom. The van der Waals surface area contributed by atoms with Crippen LogP contribution in [0, 0.1) is 0 Å². The first-order chi connectivity index (χ1) is 15.3. The van der Waals surface area contributed by atoms with E-state index in [9.17, 15) is 32.3 Å². The van der Waals surface area contributed by atoms with Crippen molar-refractivity contribution in [3.8, 4) is 0 Å². The van der Waals surface area contributed by atoms with E-state index in [2.05, 4.69) is 5.32 Å². The third-order valence-corrected chi connectivity index (χ3v) is 6.35. The number of amides is 1. The lowest BCUT2D eigenvalue weighted by Crippen LogP contribution is -2.49. The van der Waals surface area contributed by atoms with E-state index in [1.165, 1.54) is 6.07 Å². The van der Waals surface area contributed by atoms with Crippen LogP contribution < -0.4 is 5.32 Å². The number of halogens is 8. The molecule has 2 N–H and O–H groups in total. The Morgan fingerprint density at radius 3 is 2.29 bits per heavy atom. The summed E-state index contributed by atoms with van der Waals surface area (Å²) in [5.74, 6) is -1.18. The molecule has 1 aliphatic rings. The van der Waals surface area contributed by atoms with Crippen LogP contribution in [0.25, 0.3) is 0 Å². The fourth-order valence-electron chi connectivity index (χ4n) is 2.84. The Balaban J connectivity index is 2.39. The van der Waals surface area contributed by atoms with Crippen LogP contribution in [0.1, 0.15) is 37.6 Å². The fourth-order valence-corrected chi connectivity index (χ4v) is 3.67. The highest BCUT2D eigenvalue weighted by Gasteiger charge is 2.58. The molecule has 0 aliphatic heterocycles. The molecule has 3 atom stereocenters. The van der Waals surface area contributed by atoms with Gasteiger partial charge in [0.25, 0.3) is 0 Å². The molecule has 2 rings (SSSR count). The van der Waals surface area contributed by atoms with Crippen molar-refractivity contribution in [1.82, 2.24) is 0 Å². The Labute approximate surface area is 212 Å². The van der Waals surface area contributed by atoms with Crippen molar-refractivity contribution in [3.05, 3.63) is 51.5 Å². The predicted octanol–water partition coefficient (Wildman–Crippen LogP) is 7.13. The van der Waals surface area contributed by atoms with Crippen LogP contribution in [0.15, 0.2) is 41.0 Å². The van der Waals surface area contributed by atoms with Crippen molar-refractivity contribution in [3.63, 3.8) is 0 Å². The Bertz CT molecular complexity index is 1050. The number of carbonyl (C=O) groups excluding carboxylic acids is 2. The minimum atomic E-state index is -5.38. The molecule has 34 heavy (non-hydrogen) atoms. The second kappa shape index (κ2) is 9.85. The molecule has 0 aromatic heterocycles. The summed E-state index contributed by atoms with van der Waals surface area (Å²) in [6.07, 6.45) is -6.79. The van der Waals surface area contributed by atoms with Crippen LogP contribution in [0.4, 0.5) is 28.0 Å². The first-order valence-corrected chi connectivity index (χ1v) is 11.1. The summed E-state index contributed by atoms with van der Waals surface area (Å²) in [5, 5.41) is 7.19.